The maximum atomic E-state index is 14.0. The molecule has 35 heavy (non-hydrogen) atoms. The quantitative estimate of drug-likeness (QED) is 0.549. The van der Waals surface area contributed by atoms with E-state index in [1.165, 1.54) is 5.56 Å². The van der Waals surface area contributed by atoms with Gasteiger partial charge in [-0.15, -0.1) is 0 Å². The van der Waals surface area contributed by atoms with E-state index in [0.29, 0.717) is 18.4 Å². The highest BCUT2D eigenvalue weighted by Crippen LogP contribution is 2.54. The van der Waals surface area contributed by atoms with E-state index in [1.807, 2.05) is 42.5 Å². The summed E-state index contributed by atoms with van der Waals surface area (Å²) in [5.41, 5.74) is 2.81. The van der Waals surface area contributed by atoms with E-state index >= 15 is 0 Å². The van der Waals surface area contributed by atoms with Gasteiger partial charge in [-0.25, -0.2) is 0 Å². The molecule has 4 aliphatic rings. The van der Waals surface area contributed by atoms with Crippen molar-refractivity contribution in [2.24, 2.45) is 22.7 Å². The van der Waals surface area contributed by atoms with E-state index in [2.05, 4.69) is 46.8 Å². The lowest BCUT2D eigenvalue weighted by Crippen LogP contribution is -2.65. The van der Waals surface area contributed by atoms with Gasteiger partial charge in [0.05, 0.1) is 0 Å². The molecule has 178 valence electrons. The number of likely N-dealkylation sites (tertiary alicyclic amines) is 1. The predicted octanol–water partition coefficient (Wildman–Crippen LogP) is 4.21. The number of phenolic OH excluding ortho intramolecular Hbond substituents is 1. The Bertz CT molecular complexity index is 1210. The molecule has 1 amide bonds. The fraction of sp³-hybridized carbons (Fsp3) is 0.333. The van der Waals surface area contributed by atoms with Gasteiger partial charge < -0.3 is 10.4 Å². The number of aliphatic imine (C=N–C) groups is 1. The van der Waals surface area contributed by atoms with Crippen LogP contribution in [0.4, 0.5) is 0 Å². The molecule has 3 heterocycles. The van der Waals surface area contributed by atoms with Crippen LogP contribution in [-0.4, -0.2) is 40.3 Å². The van der Waals surface area contributed by atoms with Crippen molar-refractivity contribution in [1.29, 1.82) is 0 Å². The van der Waals surface area contributed by atoms with E-state index in [4.69, 9.17) is 4.99 Å². The molecule has 5 atom stereocenters. The van der Waals surface area contributed by atoms with Crippen LogP contribution in [0.2, 0.25) is 0 Å². The van der Waals surface area contributed by atoms with E-state index in [-0.39, 0.29) is 23.6 Å². The third-order valence-corrected chi connectivity index (χ3v) is 8.21. The molecule has 0 spiro atoms. The molecule has 1 saturated carbocycles. The van der Waals surface area contributed by atoms with Gasteiger partial charge in [-0.1, -0.05) is 72.8 Å². The second-order valence-corrected chi connectivity index (χ2v) is 10.3. The van der Waals surface area contributed by atoms with Crippen molar-refractivity contribution in [2.45, 2.75) is 37.5 Å². The molecule has 0 aromatic heterocycles. The summed E-state index contributed by atoms with van der Waals surface area (Å²) in [6, 6.07) is 28.2. The third kappa shape index (κ3) is 3.94. The molecule has 2 N–H and O–H groups in total. The first-order chi connectivity index (χ1) is 17.1. The molecular formula is C30H31N3O2. The Morgan fingerprint density at radius 3 is 2.34 bits per heavy atom. The first-order valence-corrected chi connectivity index (χ1v) is 12.6. The normalized spacial score (nSPS) is 28.8. The largest absolute Gasteiger partial charge is 0.508 e. The standard InChI is InChI=1S/C30H31N3O2/c34-26-13-11-23(12-14-26)19-33-20-25-16-24-18-32-30(25,29(35)31-17-22-9-5-2-6-10-22)28(33)27(24)15-21-7-3-1-4-8-21/h1-14,18,24-25,27-28,34H,15-17,19-20H2,(H,31,35). The Kier molecular flexibility index (Phi) is 5.65. The summed E-state index contributed by atoms with van der Waals surface area (Å²) in [4.78, 5) is 21.5. The summed E-state index contributed by atoms with van der Waals surface area (Å²) in [5, 5.41) is 13.0. The Morgan fingerprint density at radius 1 is 0.943 bits per heavy atom. The Hall–Kier alpha value is -3.44. The molecule has 5 nitrogen and oxygen atoms in total. The number of aromatic hydroxyl groups is 1. The zero-order valence-corrected chi connectivity index (χ0v) is 19.8. The van der Waals surface area contributed by atoms with Crippen molar-refractivity contribution in [3.63, 3.8) is 0 Å². The minimum atomic E-state index is -0.750. The Balaban J connectivity index is 1.33. The van der Waals surface area contributed by atoms with Crippen LogP contribution in [0.15, 0.2) is 89.9 Å². The third-order valence-electron chi connectivity index (χ3n) is 8.21. The lowest BCUT2D eigenvalue weighted by Gasteiger charge is -2.51. The number of carbonyl (C=O) groups excluding carboxylic acids is 1. The first kappa shape index (κ1) is 22.1. The first-order valence-electron chi connectivity index (χ1n) is 12.6. The van der Waals surface area contributed by atoms with Gasteiger partial charge in [-0.05, 0) is 53.5 Å². The second-order valence-electron chi connectivity index (χ2n) is 10.3. The molecular weight excluding hydrogens is 434 g/mol. The van der Waals surface area contributed by atoms with Crippen molar-refractivity contribution in [3.05, 3.63) is 102 Å². The molecule has 3 aromatic rings. The number of phenols is 1. The number of amides is 1. The average molecular weight is 466 g/mol. The van der Waals surface area contributed by atoms with Gasteiger partial charge in [0, 0.05) is 37.8 Å². The molecule has 3 aromatic carbocycles. The number of carbonyl (C=O) groups is 1. The molecule has 5 unspecified atom stereocenters. The SMILES string of the molecule is O=C(NCc1ccccc1)C12N=CC3CC1CN(Cc1ccc(O)cc1)C2C3Cc1ccccc1. The van der Waals surface area contributed by atoms with Crippen LogP contribution in [-0.2, 0) is 24.3 Å². The van der Waals surface area contributed by atoms with E-state index < -0.39 is 5.54 Å². The van der Waals surface area contributed by atoms with Crippen LogP contribution in [0, 0.1) is 17.8 Å². The molecule has 0 radical (unpaired) electrons. The van der Waals surface area contributed by atoms with Gasteiger partial charge in [0.25, 0.3) is 0 Å². The second kappa shape index (κ2) is 8.97. The van der Waals surface area contributed by atoms with E-state index in [9.17, 15) is 9.90 Å². The van der Waals surface area contributed by atoms with Crippen LogP contribution >= 0.6 is 0 Å². The molecule has 3 aliphatic heterocycles. The number of rotatable bonds is 7. The number of nitrogens with zero attached hydrogens (tertiary/aromatic N) is 2. The topological polar surface area (TPSA) is 64.9 Å². The van der Waals surface area contributed by atoms with Crippen molar-refractivity contribution >= 4 is 12.1 Å². The molecule has 1 saturated heterocycles. The number of hydrogen-bond donors (Lipinski definition) is 2. The molecule has 4 bridgehead atoms. The average Bonchev–Trinajstić information content (AvgIpc) is 3.15. The summed E-state index contributed by atoms with van der Waals surface area (Å²) in [6.45, 7) is 2.13. The van der Waals surface area contributed by atoms with Crippen LogP contribution in [0.25, 0.3) is 0 Å². The predicted molar refractivity (Wildman–Crippen MR) is 137 cm³/mol. The van der Waals surface area contributed by atoms with Crippen molar-refractivity contribution < 1.29 is 9.90 Å². The fourth-order valence-electron chi connectivity index (χ4n) is 6.66. The van der Waals surface area contributed by atoms with Gasteiger partial charge in [0.1, 0.15) is 5.75 Å². The smallest absolute Gasteiger partial charge is 0.250 e. The van der Waals surface area contributed by atoms with Crippen molar-refractivity contribution in [3.8, 4) is 5.75 Å². The lowest BCUT2D eigenvalue weighted by molar-refractivity contribution is -0.132. The highest BCUT2D eigenvalue weighted by molar-refractivity contribution is 5.92. The van der Waals surface area contributed by atoms with Gasteiger partial charge in [-0.2, -0.15) is 0 Å². The highest BCUT2D eigenvalue weighted by atomic mass is 16.3. The summed E-state index contributed by atoms with van der Waals surface area (Å²) in [7, 11) is 0. The Morgan fingerprint density at radius 2 is 1.63 bits per heavy atom. The minimum absolute atomic E-state index is 0.0426. The minimum Gasteiger partial charge on any atom is -0.508 e. The summed E-state index contributed by atoms with van der Waals surface area (Å²) in [6.07, 6.45) is 4.03. The zero-order chi connectivity index (χ0) is 23.8. The summed E-state index contributed by atoms with van der Waals surface area (Å²) < 4.78 is 0. The number of hydrogen-bond acceptors (Lipinski definition) is 4. The molecule has 7 rings (SSSR count). The van der Waals surface area contributed by atoms with Gasteiger partial charge in [0.15, 0.2) is 5.54 Å². The van der Waals surface area contributed by atoms with E-state index in [0.717, 1.165) is 37.1 Å². The summed E-state index contributed by atoms with van der Waals surface area (Å²) in [5.74, 6) is 1.25. The van der Waals surface area contributed by atoms with Crippen LogP contribution in [0.3, 0.4) is 0 Å². The molecule has 2 fully saturated rings. The molecule has 1 aliphatic carbocycles. The van der Waals surface area contributed by atoms with Crippen LogP contribution in [0.1, 0.15) is 23.1 Å². The van der Waals surface area contributed by atoms with Crippen molar-refractivity contribution in [1.82, 2.24) is 10.2 Å². The zero-order valence-electron chi connectivity index (χ0n) is 19.8. The van der Waals surface area contributed by atoms with Crippen LogP contribution in [0.5, 0.6) is 5.75 Å². The monoisotopic (exact) mass is 465 g/mol. The van der Waals surface area contributed by atoms with Gasteiger partial charge >= 0.3 is 0 Å². The summed E-state index contributed by atoms with van der Waals surface area (Å²) >= 11 is 0. The lowest BCUT2D eigenvalue weighted by atomic mass is 9.59. The molecule has 5 heteroatoms. The maximum absolute atomic E-state index is 14.0. The van der Waals surface area contributed by atoms with E-state index in [1.54, 1.807) is 12.1 Å². The van der Waals surface area contributed by atoms with Gasteiger partial charge in [0.2, 0.25) is 5.91 Å². The van der Waals surface area contributed by atoms with Gasteiger partial charge in [-0.3, -0.25) is 14.7 Å². The number of nitrogens with one attached hydrogen (secondary N) is 1. The van der Waals surface area contributed by atoms with Crippen LogP contribution < -0.4 is 5.32 Å². The Labute approximate surface area is 206 Å². The number of benzene rings is 3. The fourth-order valence-corrected chi connectivity index (χ4v) is 6.66. The van der Waals surface area contributed by atoms with Crippen molar-refractivity contribution in [2.75, 3.05) is 6.54 Å². The maximum Gasteiger partial charge on any atom is 0.250 e. The highest BCUT2D eigenvalue weighted by Gasteiger charge is 2.67.